The lowest BCUT2D eigenvalue weighted by Crippen LogP contribution is -2.38. The van der Waals surface area contributed by atoms with Crippen molar-refractivity contribution in [1.29, 1.82) is 0 Å². The number of carbonyl (C=O) groups is 1. The van der Waals surface area contributed by atoms with Crippen molar-refractivity contribution in [3.05, 3.63) is 46.4 Å². The second kappa shape index (κ2) is 6.24. The molecule has 0 N–H and O–H groups in total. The fraction of sp³-hybridized carbons (Fsp3) is 0.125. The van der Waals surface area contributed by atoms with Crippen LogP contribution in [0.15, 0.2) is 40.8 Å². The fourth-order valence-corrected chi connectivity index (χ4v) is 2.70. The molecule has 25 heavy (non-hydrogen) atoms. The van der Waals surface area contributed by atoms with Gasteiger partial charge < -0.3 is 9.32 Å². The minimum absolute atomic E-state index is 0.0388. The van der Waals surface area contributed by atoms with Crippen LogP contribution in [0.4, 0.5) is 18.9 Å². The molecule has 1 aromatic heterocycles. The van der Waals surface area contributed by atoms with Crippen molar-refractivity contribution in [3.8, 4) is 11.5 Å². The molecule has 0 aliphatic heterocycles. The standard InChI is InChI=1S/C16H9Cl2F3N2O2/c1-23(15(24)16(19,20)21)9-3-5-13-12(7-9)22-14(25-13)10-4-2-8(17)6-11(10)18/h2-7H,1H3. The number of halogens is 5. The van der Waals surface area contributed by atoms with Crippen LogP contribution in [-0.4, -0.2) is 24.1 Å². The van der Waals surface area contributed by atoms with Crippen molar-refractivity contribution in [3.63, 3.8) is 0 Å². The Labute approximate surface area is 149 Å². The van der Waals surface area contributed by atoms with Gasteiger partial charge in [0.25, 0.3) is 0 Å². The molecule has 0 saturated carbocycles. The van der Waals surface area contributed by atoms with Crippen LogP contribution >= 0.6 is 23.2 Å². The van der Waals surface area contributed by atoms with Gasteiger partial charge in [-0.05, 0) is 36.4 Å². The van der Waals surface area contributed by atoms with Gasteiger partial charge in [0.1, 0.15) is 5.52 Å². The van der Waals surface area contributed by atoms with Crippen LogP contribution in [0.5, 0.6) is 0 Å². The number of rotatable bonds is 2. The lowest BCUT2D eigenvalue weighted by Gasteiger charge is -2.18. The third-order valence-corrected chi connectivity index (χ3v) is 4.01. The largest absolute Gasteiger partial charge is 0.471 e. The number of alkyl halides is 3. The van der Waals surface area contributed by atoms with Crippen LogP contribution in [0.25, 0.3) is 22.6 Å². The van der Waals surface area contributed by atoms with E-state index in [1.165, 1.54) is 24.3 Å². The van der Waals surface area contributed by atoms with Crippen LogP contribution in [0, 0.1) is 0 Å². The van der Waals surface area contributed by atoms with E-state index in [4.69, 9.17) is 27.6 Å². The Morgan fingerprint density at radius 1 is 1.16 bits per heavy atom. The highest BCUT2D eigenvalue weighted by atomic mass is 35.5. The number of hydrogen-bond acceptors (Lipinski definition) is 3. The molecule has 130 valence electrons. The molecule has 0 atom stereocenters. The first kappa shape index (κ1) is 17.6. The monoisotopic (exact) mass is 388 g/mol. The average molecular weight is 389 g/mol. The molecule has 2 aromatic carbocycles. The second-order valence-electron chi connectivity index (χ2n) is 5.16. The average Bonchev–Trinajstić information content (AvgIpc) is 2.95. The van der Waals surface area contributed by atoms with E-state index in [-0.39, 0.29) is 11.6 Å². The van der Waals surface area contributed by atoms with Crippen LogP contribution in [0.2, 0.25) is 10.0 Å². The molecule has 9 heteroatoms. The van der Waals surface area contributed by atoms with E-state index < -0.39 is 12.1 Å². The second-order valence-corrected chi connectivity index (χ2v) is 6.00. The Bertz CT molecular complexity index is 970. The number of fused-ring (bicyclic) bond motifs is 1. The van der Waals surface area contributed by atoms with Gasteiger partial charge >= 0.3 is 12.1 Å². The maximum atomic E-state index is 12.6. The van der Waals surface area contributed by atoms with E-state index in [0.29, 0.717) is 31.6 Å². The van der Waals surface area contributed by atoms with E-state index >= 15 is 0 Å². The van der Waals surface area contributed by atoms with Crippen molar-refractivity contribution in [1.82, 2.24) is 4.98 Å². The van der Waals surface area contributed by atoms with Crippen molar-refractivity contribution >= 4 is 45.9 Å². The highest BCUT2D eigenvalue weighted by Gasteiger charge is 2.41. The number of aromatic nitrogens is 1. The number of oxazole rings is 1. The summed E-state index contributed by atoms with van der Waals surface area (Å²) in [7, 11) is 1.04. The molecule has 3 rings (SSSR count). The van der Waals surface area contributed by atoms with Gasteiger partial charge in [-0.3, -0.25) is 4.79 Å². The first-order valence-electron chi connectivity index (χ1n) is 6.87. The van der Waals surface area contributed by atoms with E-state index in [1.807, 2.05) is 0 Å². The third-order valence-electron chi connectivity index (χ3n) is 3.47. The number of anilines is 1. The van der Waals surface area contributed by atoms with E-state index in [0.717, 1.165) is 7.05 Å². The van der Waals surface area contributed by atoms with E-state index in [1.54, 1.807) is 12.1 Å². The van der Waals surface area contributed by atoms with Crippen LogP contribution < -0.4 is 4.90 Å². The fourth-order valence-electron chi connectivity index (χ4n) is 2.21. The lowest BCUT2D eigenvalue weighted by atomic mass is 10.2. The summed E-state index contributed by atoms with van der Waals surface area (Å²) in [4.78, 5) is 16.1. The van der Waals surface area contributed by atoms with Gasteiger partial charge in [-0.25, -0.2) is 4.98 Å². The Morgan fingerprint density at radius 2 is 1.88 bits per heavy atom. The summed E-state index contributed by atoms with van der Waals surface area (Å²) in [5, 5.41) is 0.767. The van der Waals surface area contributed by atoms with Gasteiger partial charge in [0.2, 0.25) is 5.89 Å². The molecular weight excluding hydrogens is 380 g/mol. The Morgan fingerprint density at radius 3 is 2.52 bits per heavy atom. The molecular formula is C16H9Cl2F3N2O2. The summed E-state index contributed by atoms with van der Waals surface area (Å²) in [5.74, 6) is -1.78. The molecule has 0 unspecified atom stereocenters. The number of amides is 1. The van der Waals surface area contributed by atoms with Crippen LogP contribution in [0.1, 0.15) is 0 Å². The molecule has 0 saturated heterocycles. The van der Waals surface area contributed by atoms with E-state index in [9.17, 15) is 18.0 Å². The molecule has 0 radical (unpaired) electrons. The van der Waals surface area contributed by atoms with Crippen LogP contribution in [-0.2, 0) is 4.79 Å². The number of carbonyl (C=O) groups excluding carboxylic acids is 1. The number of hydrogen-bond donors (Lipinski definition) is 0. The van der Waals surface area contributed by atoms with Crippen LogP contribution in [0.3, 0.4) is 0 Å². The third kappa shape index (κ3) is 3.43. The van der Waals surface area contributed by atoms with Gasteiger partial charge in [0.05, 0.1) is 10.6 Å². The van der Waals surface area contributed by atoms with Gasteiger partial charge in [-0.1, -0.05) is 23.2 Å². The Hall–Kier alpha value is -2.25. The van der Waals surface area contributed by atoms with Crippen molar-refractivity contribution < 1.29 is 22.4 Å². The lowest BCUT2D eigenvalue weighted by molar-refractivity contribution is -0.170. The first-order chi connectivity index (χ1) is 11.7. The Kier molecular flexibility index (Phi) is 4.38. The quantitative estimate of drug-likeness (QED) is 0.596. The minimum atomic E-state index is -4.96. The van der Waals surface area contributed by atoms with Gasteiger partial charge in [0.15, 0.2) is 5.58 Å². The molecule has 0 spiro atoms. The molecule has 0 aliphatic carbocycles. The van der Waals surface area contributed by atoms with Crippen molar-refractivity contribution in [2.45, 2.75) is 6.18 Å². The van der Waals surface area contributed by atoms with Gasteiger partial charge in [0, 0.05) is 17.8 Å². The molecule has 1 heterocycles. The zero-order valence-electron chi connectivity index (χ0n) is 12.6. The highest BCUT2D eigenvalue weighted by Crippen LogP contribution is 2.33. The predicted octanol–water partition coefficient (Wildman–Crippen LogP) is 5.33. The zero-order chi connectivity index (χ0) is 18.4. The maximum Gasteiger partial charge on any atom is 0.471 e. The predicted molar refractivity (Wildman–Crippen MR) is 88.9 cm³/mol. The molecule has 0 aliphatic rings. The smallest absolute Gasteiger partial charge is 0.436 e. The van der Waals surface area contributed by atoms with Crippen molar-refractivity contribution in [2.24, 2.45) is 0 Å². The SMILES string of the molecule is CN(C(=O)C(F)(F)F)c1ccc2oc(-c3ccc(Cl)cc3Cl)nc2c1. The first-order valence-corrected chi connectivity index (χ1v) is 7.63. The molecule has 0 fully saturated rings. The number of benzene rings is 2. The summed E-state index contributed by atoms with van der Waals surface area (Å²) in [6.07, 6.45) is -4.96. The minimum Gasteiger partial charge on any atom is -0.436 e. The van der Waals surface area contributed by atoms with Gasteiger partial charge in [-0.2, -0.15) is 13.2 Å². The summed E-state index contributed by atoms with van der Waals surface area (Å²) in [6, 6.07) is 8.86. The molecule has 4 nitrogen and oxygen atoms in total. The summed E-state index contributed by atoms with van der Waals surface area (Å²) in [6.45, 7) is 0. The summed E-state index contributed by atoms with van der Waals surface area (Å²) < 4.78 is 43.2. The molecule has 3 aromatic rings. The highest BCUT2D eigenvalue weighted by molar-refractivity contribution is 6.36. The molecule has 1 amide bonds. The maximum absolute atomic E-state index is 12.6. The Balaban J connectivity index is 2.01. The zero-order valence-corrected chi connectivity index (χ0v) is 14.1. The normalized spacial score (nSPS) is 11.8. The van der Waals surface area contributed by atoms with Gasteiger partial charge in [-0.15, -0.1) is 0 Å². The summed E-state index contributed by atoms with van der Waals surface area (Å²) >= 11 is 11.9. The number of nitrogens with zero attached hydrogens (tertiary/aromatic N) is 2. The van der Waals surface area contributed by atoms with E-state index in [2.05, 4.69) is 4.98 Å². The topological polar surface area (TPSA) is 46.3 Å². The summed E-state index contributed by atoms with van der Waals surface area (Å²) in [5.41, 5.74) is 1.17. The van der Waals surface area contributed by atoms with Crippen molar-refractivity contribution in [2.75, 3.05) is 11.9 Å². The molecule has 0 bridgehead atoms.